The molecule has 40 heavy (non-hydrogen) atoms. The molecule has 0 nitrogen and oxygen atoms in total. The van der Waals surface area contributed by atoms with Gasteiger partial charge in [-0.25, -0.2) is 0 Å². The maximum atomic E-state index is 2.55. The maximum absolute atomic E-state index is 2.55. The Kier molecular flexibility index (Phi) is 7.51. The number of hydrogen-bond acceptors (Lipinski definition) is 0. The Bertz CT molecular complexity index is 1580. The lowest BCUT2D eigenvalue weighted by atomic mass is 9.91. The summed E-state index contributed by atoms with van der Waals surface area (Å²) < 4.78 is 0. The average molecular weight is 537 g/mol. The van der Waals surface area contributed by atoms with E-state index in [1.165, 1.54) is 68.5 Å². The van der Waals surface area contributed by atoms with Gasteiger partial charge in [0.25, 0.3) is 0 Å². The first-order valence-corrected chi connectivity index (χ1v) is 16.1. The molecule has 0 saturated carbocycles. The number of allylic oxidation sites excluding steroid dienone is 2. The van der Waals surface area contributed by atoms with Crippen molar-refractivity contribution in [2.45, 2.75) is 71.6 Å². The fourth-order valence-electron chi connectivity index (χ4n) is 6.43. The molecule has 1 atom stereocenters. The van der Waals surface area contributed by atoms with Crippen molar-refractivity contribution in [1.82, 2.24) is 0 Å². The number of rotatable bonds is 8. The molecule has 0 saturated heterocycles. The van der Waals surface area contributed by atoms with Gasteiger partial charge in [-0.3, -0.25) is 0 Å². The lowest BCUT2D eigenvalue weighted by Gasteiger charge is -2.17. The van der Waals surface area contributed by atoms with Gasteiger partial charge in [0.2, 0.25) is 0 Å². The first-order valence-electron chi connectivity index (χ1n) is 15.1. The van der Waals surface area contributed by atoms with Gasteiger partial charge in [-0.1, -0.05) is 149 Å². The Hall–Kier alpha value is -3.42. The highest BCUT2D eigenvalue weighted by atomic mass is 28.2. The van der Waals surface area contributed by atoms with E-state index in [0.29, 0.717) is 17.8 Å². The minimum Gasteiger partial charge on any atom is -0.0748 e. The van der Waals surface area contributed by atoms with Crippen molar-refractivity contribution < 1.29 is 0 Å². The second-order valence-electron chi connectivity index (χ2n) is 12.2. The molecule has 0 heterocycles. The van der Waals surface area contributed by atoms with Crippen LogP contribution in [0.25, 0.3) is 34.4 Å². The number of benzene rings is 4. The molecule has 0 fully saturated rings. The van der Waals surface area contributed by atoms with Gasteiger partial charge in [-0.15, -0.1) is 0 Å². The molecule has 0 N–H and O–H groups in total. The molecule has 0 aliphatic heterocycles. The molecule has 2 aliphatic rings. The van der Waals surface area contributed by atoms with Crippen molar-refractivity contribution in [2.75, 3.05) is 0 Å². The normalized spacial score (nSPS) is 15.8. The maximum Gasteiger partial charge on any atom is 0.111 e. The van der Waals surface area contributed by atoms with Crippen molar-refractivity contribution in [3.05, 3.63) is 129 Å². The Labute approximate surface area is 243 Å². The molecule has 0 amide bonds. The van der Waals surface area contributed by atoms with E-state index in [2.05, 4.69) is 132 Å². The third-order valence-electron chi connectivity index (χ3n) is 8.75. The smallest absolute Gasteiger partial charge is 0.0748 e. The summed E-state index contributed by atoms with van der Waals surface area (Å²) in [6.07, 6.45) is 8.55. The van der Waals surface area contributed by atoms with E-state index in [9.17, 15) is 0 Å². The molecular formula is C39H40Si. The molecule has 6 rings (SSSR count). The third-order valence-corrected chi connectivity index (χ3v) is 10.2. The van der Waals surface area contributed by atoms with Crippen LogP contribution >= 0.6 is 0 Å². The first-order chi connectivity index (χ1) is 19.4. The van der Waals surface area contributed by atoms with Crippen LogP contribution in [0.2, 0.25) is 0 Å². The van der Waals surface area contributed by atoms with Crippen LogP contribution in [0.4, 0.5) is 0 Å². The quantitative estimate of drug-likeness (QED) is 0.196. The van der Waals surface area contributed by atoms with Crippen molar-refractivity contribution in [3.8, 4) is 22.3 Å². The van der Waals surface area contributed by atoms with Crippen LogP contribution in [0.5, 0.6) is 0 Å². The molecule has 0 bridgehead atoms. The minimum absolute atomic E-state index is 0.529. The van der Waals surface area contributed by atoms with E-state index < -0.39 is 0 Å². The first kappa shape index (κ1) is 26.8. The summed E-state index contributed by atoms with van der Waals surface area (Å²) >= 11 is 0. The van der Waals surface area contributed by atoms with Crippen LogP contribution in [0.3, 0.4) is 0 Å². The van der Waals surface area contributed by atoms with E-state index in [0.717, 1.165) is 15.9 Å². The Morgan fingerprint density at radius 2 is 1.25 bits per heavy atom. The average Bonchev–Trinajstić information content (AvgIpc) is 3.54. The van der Waals surface area contributed by atoms with Crippen molar-refractivity contribution >= 4 is 21.7 Å². The van der Waals surface area contributed by atoms with Gasteiger partial charge in [0.1, 0.15) is 9.52 Å². The fourth-order valence-corrected chi connectivity index (χ4v) is 7.98. The summed E-state index contributed by atoms with van der Waals surface area (Å²) in [5, 5.41) is 3.19. The standard InChI is InChI=1S/C39H40Si/c1-6-9-36-35-13-8-12-34(30-20-16-28(17-21-30)26(4)5)38(35)24-39(36)40-32-22-31-10-7-11-33(37(31)23-32)29-18-14-27(15-19-29)25(2)3/h7-8,10-21,23-26,36H,6,9,22H2,1-5H3. The highest BCUT2D eigenvalue weighted by Gasteiger charge is 2.28. The van der Waals surface area contributed by atoms with Gasteiger partial charge in [-0.2, -0.15) is 0 Å². The second-order valence-corrected chi connectivity index (χ2v) is 13.6. The molecular weight excluding hydrogens is 497 g/mol. The van der Waals surface area contributed by atoms with E-state index in [1.54, 1.807) is 10.4 Å². The minimum atomic E-state index is 0.529. The van der Waals surface area contributed by atoms with Crippen LogP contribution < -0.4 is 0 Å². The molecule has 0 aromatic heterocycles. The van der Waals surface area contributed by atoms with E-state index in [1.807, 2.05) is 0 Å². The van der Waals surface area contributed by atoms with E-state index in [4.69, 9.17) is 0 Å². The van der Waals surface area contributed by atoms with Crippen LogP contribution in [-0.2, 0) is 6.42 Å². The van der Waals surface area contributed by atoms with Gasteiger partial charge >= 0.3 is 0 Å². The highest BCUT2D eigenvalue weighted by Crippen LogP contribution is 2.44. The number of fused-ring (bicyclic) bond motifs is 2. The van der Waals surface area contributed by atoms with Crippen LogP contribution in [-0.4, -0.2) is 9.52 Å². The van der Waals surface area contributed by atoms with Crippen LogP contribution in [0, 0.1) is 0 Å². The van der Waals surface area contributed by atoms with E-state index in [-0.39, 0.29) is 0 Å². The Morgan fingerprint density at radius 1 is 0.675 bits per heavy atom. The summed E-state index contributed by atoms with van der Waals surface area (Å²) in [6, 6.07) is 32.3. The lowest BCUT2D eigenvalue weighted by Crippen LogP contribution is -2.08. The topological polar surface area (TPSA) is 0 Å². The zero-order valence-electron chi connectivity index (χ0n) is 24.6. The van der Waals surface area contributed by atoms with Gasteiger partial charge in [0.15, 0.2) is 0 Å². The van der Waals surface area contributed by atoms with Gasteiger partial charge in [-0.05, 0) is 80.3 Å². The largest absolute Gasteiger partial charge is 0.111 e. The molecule has 1 heteroatoms. The van der Waals surface area contributed by atoms with Gasteiger partial charge in [0.05, 0.1) is 0 Å². The predicted molar refractivity (Wildman–Crippen MR) is 175 cm³/mol. The predicted octanol–water partition coefficient (Wildman–Crippen LogP) is 10.8. The van der Waals surface area contributed by atoms with Gasteiger partial charge in [0, 0.05) is 5.92 Å². The molecule has 0 spiro atoms. The lowest BCUT2D eigenvalue weighted by molar-refractivity contribution is 0.716. The molecule has 2 radical (unpaired) electrons. The zero-order chi connectivity index (χ0) is 27.8. The Morgan fingerprint density at radius 3 is 1.82 bits per heavy atom. The van der Waals surface area contributed by atoms with Crippen molar-refractivity contribution in [2.24, 2.45) is 0 Å². The third kappa shape index (κ3) is 5.08. The fraction of sp³-hybridized carbons (Fsp3) is 0.282. The molecule has 1 unspecified atom stereocenters. The number of hydrogen-bond donors (Lipinski definition) is 0. The SMILES string of the molecule is CCCC1C([Si]C2=Cc3c(cccc3-c3ccc(C(C)C)cc3)C2)=Cc2c(-c3ccc(C(C)C)cc3)cccc21. The van der Waals surface area contributed by atoms with Crippen LogP contribution in [0.1, 0.15) is 98.6 Å². The molecule has 4 aromatic carbocycles. The summed E-state index contributed by atoms with van der Waals surface area (Å²) in [6.45, 7) is 11.4. The van der Waals surface area contributed by atoms with Gasteiger partial charge < -0.3 is 0 Å². The molecule has 2 aliphatic carbocycles. The summed E-state index contributed by atoms with van der Waals surface area (Å²) in [5.41, 5.74) is 14.1. The monoisotopic (exact) mass is 536 g/mol. The zero-order valence-corrected chi connectivity index (χ0v) is 25.6. The van der Waals surface area contributed by atoms with Crippen molar-refractivity contribution in [3.63, 3.8) is 0 Å². The molecule has 4 aromatic rings. The highest BCUT2D eigenvalue weighted by molar-refractivity contribution is 6.57. The summed E-state index contributed by atoms with van der Waals surface area (Å²) in [4.78, 5) is 0. The van der Waals surface area contributed by atoms with Crippen molar-refractivity contribution in [1.29, 1.82) is 0 Å². The summed E-state index contributed by atoms with van der Waals surface area (Å²) in [7, 11) is 0.742. The van der Waals surface area contributed by atoms with E-state index >= 15 is 0 Å². The van der Waals surface area contributed by atoms with Crippen LogP contribution in [0.15, 0.2) is 95.3 Å². The Balaban J connectivity index is 1.31. The summed E-state index contributed by atoms with van der Waals surface area (Å²) in [5.74, 6) is 1.64. The molecule has 200 valence electrons. The second kappa shape index (κ2) is 11.2.